The number of hydrogen-bond acceptors (Lipinski definition) is 0. The molecule has 1 aliphatic heterocycles. The fourth-order valence-corrected chi connectivity index (χ4v) is 24.0. The molecular weight excluding hydrogens is 725 g/mol. The van der Waals surface area contributed by atoms with Gasteiger partial charge in [0.25, 0.3) is 0 Å². The Morgan fingerprint density at radius 3 is 2.00 bits per heavy atom. The van der Waals surface area contributed by atoms with Crippen molar-refractivity contribution in [1.82, 2.24) is 0 Å². The summed E-state index contributed by atoms with van der Waals surface area (Å²) < 4.78 is 84.2. The third kappa shape index (κ3) is 5.72. The Morgan fingerprint density at radius 2 is 1.40 bits per heavy atom. The third-order valence-corrected chi connectivity index (χ3v) is 23.2. The third-order valence-electron chi connectivity index (χ3n) is 8.98. The van der Waals surface area contributed by atoms with Crippen LogP contribution in [-0.4, -0.2) is 9.52 Å². The Hall–Kier alpha value is -2.12. The van der Waals surface area contributed by atoms with Crippen LogP contribution in [0.2, 0.25) is 0 Å². The molecule has 0 radical (unpaired) electrons. The average molecular weight is 755 g/mol. The molecule has 10 heteroatoms. The molecule has 1 unspecified atom stereocenters. The molecule has 6 rings (SSSR count). The molecule has 2 aliphatic rings. The molecule has 4 aromatic rings. The molecule has 0 N–H and O–H groups in total. The van der Waals surface area contributed by atoms with Gasteiger partial charge in [0.2, 0.25) is 0 Å². The summed E-state index contributed by atoms with van der Waals surface area (Å²) in [6.07, 6.45) is -7.56. The van der Waals surface area contributed by atoms with Gasteiger partial charge in [0.15, 0.2) is 0 Å². The van der Waals surface area contributed by atoms with E-state index in [0.717, 1.165) is 32.1 Å². The van der Waals surface area contributed by atoms with Crippen LogP contribution in [0.5, 0.6) is 0 Å². The van der Waals surface area contributed by atoms with E-state index in [1.165, 1.54) is 15.9 Å². The van der Waals surface area contributed by atoms with Crippen molar-refractivity contribution in [2.24, 2.45) is 5.41 Å². The van der Waals surface area contributed by atoms with Crippen molar-refractivity contribution in [3.8, 4) is 22.3 Å². The number of alkyl halides is 6. The zero-order valence-corrected chi connectivity index (χ0v) is 30.4. The normalized spacial score (nSPS) is 16.9. The predicted molar refractivity (Wildman–Crippen MR) is 172 cm³/mol. The first-order valence-electron chi connectivity index (χ1n) is 14.7. The minimum atomic E-state index is -4.96. The van der Waals surface area contributed by atoms with Crippen molar-refractivity contribution < 1.29 is 44.2 Å². The van der Waals surface area contributed by atoms with Crippen LogP contribution in [0.4, 0.5) is 26.3 Å². The molecule has 0 aromatic heterocycles. The maximum absolute atomic E-state index is 13.9. The van der Waals surface area contributed by atoms with E-state index in [1.807, 2.05) is 70.2 Å². The number of fused-ring (bicyclic) bond motifs is 4. The molecular formula is C35H30Cl2F6SiZr. The van der Waals surface area contributed by atoms with Gasteiger partial charge in [-0.3, -0.25) is 0 Å². The summed E-state index contributed by atoms with van der Waals surface area (Å²) in [6.45, 7) is 7.96. The molecule has 0 spiro atoms. The van der Waals surface area contributed by atoms with Crippen LogP contribution in [0.1, 0.15) is 59.1 Å². The van der Waals surface area contributed by atoms with Crippen LogP contribution >= 0.6 is 17.0 Å². The van der Waals surface area contributed by atoms with Gasteiger partial charge in [0, 0.05) is 0 Å². The van der Waals surface area contributed by atoms with Gasteiger partial charge in [-0.15, -0.1) is 0 Å². The summed E-state index contributed by atoms with van der Waals surface area (Å²) in [5, 5.41) is 2.56. The molecule has 0 bridgehead atoms. The summed E-state index contributed by atoms with van der Waals surface area (Å²) in [4.78, 5) is 0. The van der Waals surface area contributed by atoms with Crippen molar-refractivity contribution in [3.05, 3.63) is 106 Å². The first kappa shape index (κ1) is 32.8. The number of rotatable bonds is 4. The first-order valence-corrected chi connectivity index (χ1v) is 25.1. The van der Waals surface area contributed by atoms with Gasteiger partial charge in [-0.05, 0) is 0 Å². The summed E-state index contributed by atoms with van der Waals surface area (Å²) in [7, 11) is 14.6. The zero-order valence-electron chi connectivity index (χ0n) is 25.0. The Labute approximate surface area is 272 Å². The van der Waals surface area contributed by atoms with E-state index >= 15 is 0 Å². The van der Waals surface area contributed by atoms with E-state index in [9.17, 15) is 26.3 Å². The summed E-state index contributed by atoms with van der Waals surface area (Å²) in [5.74, 6) is 0. The van der Waals surface area contributed by atoms with Crippen molar-refractivity contribution in [2.45, 2.75) is 50.1 Å². The van der Waals surface area contributed by atoms with Crippen LogP contribution in [0.25, 0.3) is 28.3 Å². The van der Waals surface area contributed by atoms with E-state index in [-0.39, 0.29) is 15.3 Å². The fraction of sp³-hybridized carbons (Fsp3) is 0.257. The second kappa shape index (κ2) is 11.2. The molecule has 0 nitrogen and oxygen atoms in total. The van der Waals surface area contributed by atoms with E-state index in [0.29, 0.717) is 23.1 Å². The average Bonchev–Trinajstić information content (AvgIpc) is 3.55. The number of benzene rings is 4. The Balaban J connectivity index is 1.60. The number of halogens is 8. The second-order valence-corrected chi connectivity index (χ2v) is 28.6. The predicted octanol–water partition coefficient (Wildman–Crippen LogP) is 9.32. The fourth-order valence-electron chi connectivity index (χ4n) is 6.89. The van der Waals surface area contributed by atoms with Gasteiger partial charge in [0.1, 0.15) is 0 Å². The van der Waals surface area contributed by atoms with Crippen molar-refractivity contribution in [3.63, 3.8) is 0 Å². The van der Waals surface area contributed by atoms with E-state index in [2.05, 4.69) is 18.2 Å². The SMILES string of the molecule is CCc1ccc2c(c1-c1cc(C(F)(F)F)cc(C(F)(F)F)c1)C=C(C(C)(C)C)[CH]2[Zr]([Cl])([Cl])[c]1cccc2c1[SiH2]c1ccccc1-2. The van der Waals surface area contributed by atoms with Gasteiger partial charge in [-0.2, -0.15) is 0 Å². The van der Waals surface area contributed by atoms with Gasteiger partial charge in [-0.25, -0.2) is 0 Å². The number of aryl methyl sites for hydroxylation is 1. The molecule has 1 heterocycles. The molecule has 0 fully saturated rings. The molecule has 45 heavy (non-hydrogen) atoms. The summed E-state index contributed by atoms with van der Waals surface area (Å²) >= 11 is -4.46. The van der Waals surface area contributed by atoms with Crippen molar-refractivity contribution in [2.75, 3.05) is 0 Å². The molecule has 0 saturated carbocycles. The second-order valence-electron chi connectivity index (χ2n) is 12.8. The molecule has 0 amide bonds. The quantitative estimate of drug-likeness (QED) is 0.127. The minimum absolute atomic E-state index is 0.121. The van der Waals surface area contributed by atoms with Crippen molar-refractivity contribution >= 4 is 46.3 Å². The molecule has 234 valence electrons. The van der Waals surface area contributed by atoms with Crippen LogP contribution < -0.4 is 13.6 Å². The van der Waals surface area contributed by atoms with Gasteiger partial charge in [0.05, 0.1) is 0 Å². The summed E-state index contributed by atoms with van der Waals surface area (Å²) in [6, 6.07) is 20.0. The van der Waals surface area contributed by atoms with E-state index in [1.54, 1.807) is 0 Å². The maximum atomic E-state index is 13.9. The zero-order chi connectivity index (χ0) is 32.7. The van der Waals surface area contributed by atoms with Gasteiger partial charge >= 0.3 is 274 Å². The summed E-state index contributed by atoms with van der Waals surface area (Å²) in [5.41, 5.74) is 2.48. The number of allylic oxidation sites excluding steroid dienone is 1. The Kier molecular flexibility index (Phi) is 8.20. The van der Waals surface area contributed by atoms with Crippen LogP contribution in [-0.2, 0) is 36.7 Å². The monoisotopic (exact) mass is 752 g/mol. The Morgan fingerprint density at radius 1 is 0.778 bits per heavy atom. The van der Waals surface area contributed by atoms with E-state index < -0.39 is 56.3 Å². The van der Waals surface area contributed by atoms with Gasteiger partial charge in [-0.1, -0.05) is 0 Å². The molecule has 1 aliphatic carbocycles. The van der Waals surface area contributed by atoms with E-state index in [4.69, 9.17) is 17.0 Å². The molecule has 4 aromatic carbocycles. The van der Waals surface area contributed by atoms with Crippen LogP contribution in [0.15, 0.2) is 78.4 Å². The van der Waals surface area contributed by atoms with Crippen LogP contribution in [0, 0.1) is 5.41 Å². The topological polar surface area (TPSA) is 0 Å². The van der Waals surface area contributed by atoms with Gasteiger partial charge < -0.3 is 0 Å². The van der Waals surface area contributed by atoms with Crippen molar-refractivity contribution in [1.29, 1.82) is 0 Å². The number of hydrogen-bond donors (Lipinski definition) is 0. The Bertz CT molecular complexity index is 1840. The molecule has 0 saturated heterocycles. The molecule has 1 atom stereocenters. The first-order chi connectivity index (χ1) is 20.9. The van der Waals surface area contributed by atoms with Crippen LogP contribution in [0.3, 0.4) is 0 Å². The standard InChI is InChI=1S/C23H21F6.C12H9Si.2ClH.Zr/c1-5-13-6-7-14-8-16(21(2,3)4)12-19(14)20(13)15-9-17(22(24,25)26)11-18(10-15)23(27,28)29;1-3-7-11-9(5-1)10-6-2-4-8-12(10)13-11;;;/h6-12H,5H2,1-4H3;1-7H,13H2;2*1H;/q;;;;+2/p-2.